The molecule has 0 bridgehead atoms. The second kappa shape index (κ2) is 9.60. The lowest BCUT2D eigenvalue weighted by Crippen LogP contribution is -2.30. The van der Waals surface area contributed by atoms with Gasteiger partial charge in [0.25, 0.3) is 0 Å². The number of ether oxygens (including phenoxy) is 2. The Labute approximate surface area is 185 Å². The molecule has 0 aromatic heterocycles. The summed E-state index contributed by atoms with van der Waals surface area (Å²) >= 11 is 0. The van der Waals surface area contributed by atoms with E-state index in [0.29, 0.717) is 6.61 Å². The minimum absolute atomic E-state index is 0.112. The van der Waals surface area contributed by atoms with E-state index in [1.165, 1.54) is 16.8 Å². The van der Waals surface area contributed by atoms with Gasteiger partial charge in [0.15, 0.2) is 0 Å². The number of nitrogens with zero attached hydrogens (tertiary/aromatic N) is 1. The molecular formula is C25H33N3O3. The molecule has 4 rings (SSSR count). The summed E-state index contributed by atoms with van der Waals surface area (Å²) in [5.74, 6) is 2.30. The molecule has 0 radical (unpaired) electrons. The molecule has 1 aliphatic carbocycles. The summed E-state index contributed by atoms with van der Waals surface area (Å²) < 4.78 is 11.3. The number of hydrogen-bond acceptors (Lipinski definition) is 6. The summed E-state index contributed by atoms with van der Waals surface area (Å²) in [4.78, 5) is 14.3. The van der Waals surface area contributed by atoms with Crippen molar-refractivity contribution in [3.8, 4) is 5.75 Å². The van der Waals surface area contributed by atoms with Gasteiger partial charge in [-0.15, -0.1) is 0 Å². The Kier molecular flexibility index (Phi) is 6.66. The predicted octanol–water partition coefficient (Wildman–Crippen LogP) is 3.58. The summed E-state index contributed by atoms with van der Waals surface area (Å²) in [5, 5.41) is 6.80. The Bertz CT molecular complexity index is 919. The normalized spacial score (nSPS) is 22.7. The van der Waals surface area contributed by atoms with Gasteiger partial charge in [-0.2, -0.15) is 0 Å². The van der Waals surface area contributed by atoms with Crippen molar-refractivity contribution in [1.82, 2.24) is 10.2 Å². The van der Waals surface area contributed by atoms with Gasteiger partial charge in [-0.3, -0.25) is 4.79 Å². The summed E-state index contributed by atoms with van der Waals surface area (Å²) in [6.45, 7) is 4.96. The number of ketones is 1. The van der Waals surface area contributed by atoms with Crippen molar-refractivity contribution in [2.75, 3.05) is 45.7 Å². The zero-order chi connectivity index (χ0) is 21.8. The number of Topliss-reactive ketones (excluding diaryl/α,β-unsaturated/α-hetero) is 1. The van der Waals surface area contributed by atoms with Crippen LogP contribution < -0.4 is 15.4 Å². The van der Waals surface area contributed by atoms with Crippen LogP contribution in [0.1, 0.15) is 31.7 Å². The molecule has 6 nitrogen and oxygen atoms in total. The van der Waals surface area contributed by atoms with Crippen LogP contribution in [0.3, 0.4) is 0 Å². The third kappa shape index (κ3) is 4.79. The van der Waals surface area contributed by atoms with Crippen LogP contribution in [0.15, 0.2) is 47.8 Å². The molecule has 31 heavy (non-hydrogen) atoms. The molecule has 0 amide bonds. The van der Waals surface area contributed by atoms with Crippen LogP contribution in [0.5, 0.6) is 5.75 Å². The van der Waals surface area contributed by atoms with Crippen molar-refractivity contribution < 1.29 is 14.3 Å². The van der Waals surface area contributed by atoms with Crippen LogP contribution in [-0.2, 0) is 9.53 Å². The maximum atomic E-state index is 11.9. The third-order valence-corrected chi connectivity index (χ3v) is 6.42. The molecule has 2 atom stereocenters. The highest BCUT2D eigenvalue weighted by Gasteiger charge is 2.31. The Morgan fingerprint density at radius 3 is 2.84 bits per heavy atom. The molecule has 1 aromatic carbocycles. The van der Waals surface area contributed by atoms with E-state index >= 15 is 0 Å². The van der Waals surface area contributed by atoms with Crippen molar-refractivity contribution in [3.05, 3.63) is 53.3 Å². The van der Waals surface area contributed by atoms with E-state index in [-0.39, 0.29) is 17.7 Å². The van der Waals surface area contributed by atoms with Crippen molar-refractivity contribution in [2.45, 2.75) is 32.2 Å². The minimum atomic E-state index is 0.112. The van der Waals surface area contributed by atoms with Crippen LogP contribution in [0.25, 0.3) is 5.70 Å². The van der Waals surface area contributed by atoms with E-state index in [1.807, 2.05) is 13.1 Å². The average molecular weight is 424 g/mol. The van der Waals surface area contributed by atoms with Crippen LogP contribution in [-0.4, -0.2) is 57.1 Å². The molecule has 6 heteroatoms. The fourth-order valence-electron chi connectivity index (χ4n) is 4.53. The van der Waals surface area contributed by atoms with Gasteiger partial charge in [0.05, 0.1) is 18.9 Å². The Morgan fingerprint density at radius 2 is 2.16 bits per heavy atom. The highest BCUT2D eigenvalue weighted by molar-refractivity contribution is 5.83. The summed E-state index contributed by atoms with van der Waals surface area (Å²) in [6, 6.07) is 6.30. The number of carbonyl (C=O) groups is 1. The second-order valence-corrected chi connectivity index (χ2v) is 8.45. The molecule has 1 unspecified atom stereocenters. The lowest BCUT2D eigenvalue weighted by molar-refractivity contribution is -0.120. The summed E-state index contributed by atoms with van der Waals surface area (Å²) in [7, 11) is 3.63. The molecule has 0 spiro atoms. The summed E-state index contributed by atoms with van der Waals surface area (Å²) in [5.41, 5.74) is 4.80. The Morgan fingerprint density at radius 1 is 1.29 bits per heavy atom. The second-order valence-electron chi connectivity index (χ2n) is 8.45. The van der Waals surface area contributed by atoms with Gasteiger partial charge in [0.1, 0.15) is 18.1 Å². The van der Waals surface area contributed by atoms with Crippen molar-refractivity contribution in [2.24, 2.45) is 5.92 Å². The quantitative estimate of drug-likeness (QED) is 0.623. The van der Waals surface area contributed by atoms with E-state index in [1.54, 1.807) is 14.0 Å². The van der Waals surface area contributed by atoms with Crippen LogP contribution in [0.2, 0.25) is 0 Å². The van der Waals surface area contributed by atoms with E-state index in [9.17, 15) is 4.79 Å². The SMILES string of the molecule is CNCCOC1=CC=C(C2C=C(N3CC[C@H](C(C)=O)C3)c3ccc(OC)cc3N2)CC1. The molecule has 3 aliphatic rings. The minimum Gasteiger partial charge on any atom is -0.497 e. The van der Waals surface area contributed by atoms with Crippen LogP contribution in [0, 0.1) is 5.92 Å². The van der Waals surface area contributed by atoms with Gasteiger partial charge in [-0.1, -0.05) is 6.08 Å². The number of methoxy groups -OCH3 is 1. The first-order valence-electron chi connectivity index (χ1n) is 11.2. The smallest absolute Gasteiger partial charge is 0.134 e. The monoisotopic (exact) mass is 423 g/mol. The number of hydrogen-bond donors (Lipinski definition) is 2. The number of carbonyl (C=O) groups excluding carboxylic acids is 1. The zero-order valence-electron chi connectivity index (χ0n) is 18.7. The van der Waals surface area contributed by atoms with Crippen LogP contribution >= 0.6 is 0 Å². The van der Waals surface area contributed by atoms with Gasteiger partial charge >= 0.3 is 0 Å². The highest BCUT2D eigenvalue weighted by atomic mass is 16.5. The standard InChI is InChI=1S/C25H33N3O3/c1-17(29)19-10-12-28(16-19)25-15-23(27-24-14-21(30-3)8-9-22(24)25)18-4-6-20(7-5-18)31-13-11-26-2/h4,6,8-9,14-15,19,23,26-27H,5,7,10-13,16H2,1-3H3/t19-,23?/m0/s1. The topological polar surface area (TPSA) is 62.8 Å². The molecule has 1 fully saturated rings. The van der Waals surface area contributed by atoms with E-state index in [0.717, 1.165) is 56.1 Å². The number of likely N-dealkylation sites (tertiary alicyclic amines) is 1. The van der Waals surface area contributed by atoms with Gasteiger partial charge in [-0.05, 0) is 56.7 Å². The maximum absolute atomic E-state index is 11.9. The lowest BCUT2D eigenvalue weighted by Gasteiger charge is -2.33. The van der Waals surface area contributed by atoms with Crippen molar-refractivity contribution in [1.29, 1.82) is 0 Å². The molecular weight excluding hydrogens is 390 g/mol. The van der Waals surface area contributed by atoms with Crippen molar-refractivity contribution in [3.63, 3.8) is 0 Å². The molecule has 2 N–H and O–H groups in total. The molecule has 1 saturated heterocycles. The first-order valence-corrected chi connectivity index (χ1v) is 11.2. The molecule has 1 aromatic rings. The molecule has 0 saturated carbocycles. The van der Waals surface area contributed by atoms with E-state index in [4.69, 9.17) is 9.47 Å². The van der Waals surface area contributed by atoms with Gasteiger partial charge in [0.2, 0.25) is 0 Å². The number of fused-ring (bicyclic) bond motifs is 1. The highest BCUT2D eigenvalue weighted by Crippen LogP contribution is 2.39. The Hall–Kier alpha value is -2.73. The molecule has 2 aliphatic heterocycles. The van der Waals surface area contributed by atoms with Gasteiger partial charge in [-0.25, -0.2) is 0 Å². The number of allylic oxidation sites excluding steroid dienone is 3. The molecule has 166 valence electrons. The largest absolute Gasteiger partial charge is 0.497 e. The number of likely N-dealkylation sites (N-methyl/N-ethyl adjacent to an activating group) is 1. The third-order valence-electron chi connectivity index (χ3n) is 6.42. The molecule has 2 heterocycles. The predicted molar refractivity (Wildman–Crippen MR) is 124 cm³/mol. The zero-order valence-corrected chi connectivity index (χ0v) is 18.7. The fraction of sp³-hybridized carbons (Fsp3) is 0.480. The summed E-state index contributed by atoms with van der Waals surface area (Å²) in [6.07, 6.45) is 9.42. The average Bonchev–Trinajstić information content (AvgIpc) is 3.29. The van der Waals surface area contributed by atoms with Gasteiger partial charge < -0.3 is 25.0 Å². The number of anilines is 1. The number of rotatable bonds is 8. The number of benzene rings is 1. The first kappa shape index (κ1) is 21.5. The van der Waals surface area contributed by atoms with E-state index < -0.39 is 0 Å². The number of nitrogens with one attached hydrogen (secondary N) is 2. The lowest BCUT2D eigenvalue weighted by atomic mass is 9.91. The van der Waals surface area contributed by atoms with Gasteiger partial charge in [0, 0.05) is 55.0 Å². The van der Waals surface area contributed by atoms with Crippen molar-refractivity contribution >= 4 is 17.2 Å². The van der Waals surface area contributed by atoms with E-state index in [2.05, 4.69) is 45.9 Å². The van der Waals surface area contributed by atoms with Crippen LogP contribution in [0.4, 0.5) is 5.69 Å². The maximum Gasteiger partial charge on any atom is 0.134 e. The first-order chi connectivity index (χ1) is 15.1. The fourth-order valence-corrected chi connectivity index (χ4v) is 4.53. The Balaban J connectivity index is 1.59.